The Balaban J connectivity index is 1.62. The van der Waals surface area contributed by atoms with Gasteiger partial charge in [0.15, 0.2) is 0 Å². The van der Waals surface area contributed by atoms with Crippen molar-refractivity contribution in [3.8, 4) is 11.1 Å². The van der Waals surface area contributed by atoms with Crippen LogP contribution in [0.1, 0.15) is 30.5 Å². The number of rotatable bonds is 3. The zero-order valence-electron chi connectivity index (χ0n) is 14.9. The standard InChI is InChI=1S/C22H26N2O/c1-23-21-12-13-24(15-17-8-4-2-5-9-17)16-19(21)14-20(22(23)25)18-10-6-3-7-11-18/h2-4,6-7,10-11,14,17H,5,8-9,12-13,15-16H2,1H3. The smallest absolute Gasteiger partial charge is 0.258 e. The van der Waals surface area contributed by atoms with Crippen molar-refractivity contribution < 1.29 is 0 Å². The van der Waals surface area contributed by atoms with E-state index in [1.54, 1.807) is 0 Å². The van der Waals surface area contributed by atoms with Gasteiger partial charge in [-0.25, -0.2) is 0 Å². The average Bonchev–Trinajstić information content (AvgIpc) is 2.66. The number of benzene rings is 1. The molecule has 130 valence electrons. The summed E-state index contributed by atoms with van der Waals surface area (Å²) in [6, 6.07) is 12.2. The van der Waals surface area contributed by atoms with Crippen molar-refractivity contribution in [3.63, 3.8) is 0 Å². The van der Waals surface area contributed by atoms with Gasteiger partial charge in [-0.05, 0) is 42.4 Å². The Bertz CT molecular complexity index is 835. The second kappa shape index (κ2) is 7.01. The lowest BCUT2D eigenvalue weighted by Gasteiger charge is -2.33. The lowest BCUT2D eigenvalue weighted by atomic mass is 9.92. The summed E-state index contributed by atoms with van der Waals surface area (Å²) in [6.07, 6.45) is 9.36. The molecule has 1 aromatic heterocycles. The van der Waals surface area contributed by atoms with E-state index in [0.717, 1.165) is 36.6 Å². The maximum Gasteiger partial charge on any atom is 0.258 e. The molecule has 0 fully saturated rings. The van der Waals surface area contributed by atoms with Crippen molar-refractivity contribution in [2.75, 3.05) is 13.1 Å². The Morgan fingerprint density at radius 2 is 2.00 bits per heavy atom. The summed E-state index contributed by atoms with van der Waals surface area (Å²) in [5.74, 6) is 0.785. The van der Waals surface area contributed by atoms with Gasteiger partial charge in [0.05, 0.1) is 0 Å². The van der Waals surface area contributed by atoms with E-state index >= 15 is 0 Å². The van der Waals surface area contributed by atoms with Crippen molar-refractivity contribution in [1.29, 1.82) is 0 Å². The van der Waals surface area contributed by atoms with E-state index in [0.29, 0.717) is 0 Å². The van der Waals surface area contributed by atoms with Gasteiger partial charge >= 0.3 is 0 Å². The molecule has 1 unspecified atom stereocenters. The van der Waals surface area contributed by atoms with Gasteiger partial charge in [0.1, 0.15) is 0 Å². The summed E-state index contributed by atoms with van der Waals surface area (Å²) >= 11 is 0. The fraction of sp³-hybridized carbons (Fsp3) is 0.409. The Labute approximate surface area is 149 Å². The Hall–Kier alpha value is -2.13. The van der Waals surface area contributed by atoms with Crippen molar-refractivity contribution in [2.45, 2.75) is 32.2 Å². The number of allylic oxidation sites excluding steroid dienone is 2. The molecule has 0 spiro atoms. The average molecular weight is 334 g/mol. The summed E-state index contributed by atoms with van der Waals surface area (Å²) in [4.78, 5) is 15.4. The van der Waals surface area contributed by atoms with Gasteiger partial charge in [-0.3, -0.25) is 9.69 Å². The molecule has 4 rings (SSSR count). The number of hydrogen-bond acceptors (Lipinski definition) is 2. The van der Waals surface area contributed by atoms with Crippen molar-refractivity contribution in [1.82, 2.24) is 9.47 Å². The fourth-order valence-electron chi connectivity index (χ4n) is 4.25. The molecule has 0 amide bonds. The van der Waals surface area contributed by atoms with Gasteiger partial charge in [-0.1, -0.05) is 42.5 Å². The largest absolute Gasteiger partial charge is 0.315 e. The minimum absolute atomic E-state index is 0.121. The predicted molar refractivity (Wildman–Crippen MR) is 103 cm³/mol. The van der Waals surface area contributed by atoms with E-state index < -0.39 is 0 Å². The lowest BCUT2D eigenvalue weighted by Crippen LogP contribution is -2.38. The summed E-state index contributed by atoms with van der Waals surface area (Å²) in [5.41, 5.74) is 4.49. The normalized spacial score (nSPS) is 20.4. The molecule has 0 saturated heterocycles. The number of aromatic nitrogens is 1. The third-order valence-corrected chi connectivity index (χ3v) is 5.67. The van der Waals surface area contributed by atoms with Crippen LogP contribution in [0.2, 0.25) is 0 Å². The predicted octanol–water partition coefficient (Wildman–Crippen LogP) is 3.77. The van der Waals surface area contributed by atoms with Crippen LogP contribution in [0.15, 0.2) is 53.3 Å². The van der Waals surface area contributed by atoms with Crippen LogP contribution in [0.25, 0.3) is 11.1 Å². The van der Waals surface area contributed by atoms with Gasteiger partial charge in [-0.2, -0.15) is 0 Å². The second-order valence-electron chi connectivity index (χ2n) is 7.40. The molecule has 25 heavy (non-hydrogen) atoms. The molecule has 2 heterocycles. The second-order valence-corrected chi connectivity index (χ2v) is 7.40. The number of nitrogens with zero attached hydrogens (tertiary/aromatic N) is 2. The van der Waals surface area contributed by atoms with Gasteiger partial charge in [0.25, 0.3) is 5.56 Å². The molecule has 3 heteroatoms. The first kappa shape index (κ1) is 16.3. The zero-order valence-corrected chi connectivity index (χ0v) is 14.9. The van der Waals surface area contributed by atoms with E-state index in [1.165, 1.54) is 37.1 Å². The molecule has 1 atom stereocenters. The molecular formula is C22H26N2O. The molecule has 0 saturated carbocycles. The summed E-state index contributed by atoms with van der Waals surface area (Å²) in [5, 5.41) is 0. The minimum Gasteiger partial charge on any atom is -0.315 e. The van der Waals surface area contributed by atoms with Crippen LogP contribution in [-0.4, -0.2) is 22.6 Å². The fourth-order valence-corrected chi connectivity index (χ4v) is 4.25. The van der Waals surface area contributed by atoms with Gasteiger partial charge in [0, 0.05) is 44.4 Å². The molecule has 1 aliphatic heterocycles. The highest BCUT2D eigenvalue weighted by Crippen LogP contribution is 2.26. The maximum atomic E-state index is 12.8. The molecule has 2 aliphatic rings. The summed E-state index contributed by atoms with van der Waals surface area (Å²) in [7, 11) is 1.93. The topological polar surface area (TPSA) is 25.2 Å². The van der Waals surface area contributed by atoms with Crippen LogP contribution >= 0.6 is 0 Å². The molecule has 0 radical (unpaired) electrons. The van der Waals surface area contributed by atoms with E-state index in [9.17, 15) is 4.79 Å². The first-order valence-electron chi connectivity index (χ1n) is 9.37. The highest BCUT2D eigenvalue weighted by atomic mass is 16.1. The number of hydrogen-bond donors (Lipinski definition) is 0. The first-order chi connectivity index (χ1) is 12.2. The third kappa shape index (κ3) is 3.34. The van der Waals surface area contributed by atoms with E-state index in [4.69, 9.17) is 0 Å². The zero-order chi connectivity index (χ0) is 17.2. The van der Waals surface area contributed by atoms with Crippen molar-refractivity contribution in [3.05, 3.63) is 70.2 Å². The minimum atomic E-state index is 0.121. The Morgan fingerprint density at radius 1 is 1.16 bits per heavy atom. The molecule has 1 aromatic carbocycles. The quantitative estimate of drug-likeness (QED) is 0.799. The van der Waals surface area contributed by atoms with Crippen LogP contribution in [0.4, 0.5) is 0 Å². The number of pyridine rings is 1. The van der Waals surface area contributed by atoms with Crippen LogP contribution in [0, 0.1) is 5.92 Å². The molecule has 2 aromatic rings. The van der Waals surface area contributed by atoms with Gasteiger partial charge in [-0.15, -0.1) is 0 Å². The van der Waals surface area contributed by atoms with E-state index in [2.05, 4.69) is 23.1 Å². The molecule has 3 nitrogen and oxygen atoms in total. The van der Waals surface area contributed by atoms with Crippen LogP contribution < -0.4 is 5.56 Å². The van der Waals surface area contributed by atoms with E-state index in [1.807, 2.05) is 41.9 Å². The summed E-state index contributed by atoms with van der Waals surface area (Å²) < 4.78 is 1.87. The van der Waals surface area contributed by atoms with Crippen molar-refractivity contribution in [2.24, 2.45) is 13.0 Å². The van der Waals surface area contributed by atoms with Gasteiger partial charge in [0.2, 0.25) is 0 Å². The maximum absolute atomic E-state index is 12.8. The van der Waals surface area contributed by atoms with Crippen LogP contribution in [0.5, 0.6) is 0 Å². The Kier molecular flexibility index (Phi) is 4.58. The monoisotopic (exact) mass is 334 g/mol. The third-order valence-electron chi connectivity index (χ3n) is 5.67. The van der Waals surface area contributed by atoms with Gasteiger partial charge < -0.3 is 4.57 Å². The van der Waals surface area contributed by atoms with Crippen LogP contribution in [0.3, 0.4) is 0 Å². The highest BCUT2D eigenvalue weighted by Gasteiger charge is 2.23. The molecule has 1 aliphatic carbocycles. The SMILES string of the molecule is Cn1c2c(cc(-c3ccccc3)c1=O)CN(CC1CC=CCC1)CC2. The highest BCUT2D eigenvalue weighted by molar-refractivity contribution is 5.63. The van der Waals surface area contributed by atoms with Crippen molar-refractivity contribution >= 4 is 0 Å². The molecular weight excluding hydrogens is 308 g/mol. The summed E-state index contributed by atoms with van der Waals surface area (Å²) in [6.45, 7) is 3.20. The molecule has 0 bridgehead atoms. The molecule has 0 N–H and O–H groups in total. The van der Waals surface area contributed by atoms with E-state index in [-0.39, 0.29) is 5.56 Å². The van der Waals surface area contributed by atoms with Crippen LogP contribution in [-0.2, 0) is 20.0 Å². The Morgan fingerprint density at radius 3 is 2.76 bits per heavy atom. The lowest BCUT2D eigenvalue weighted by molar-refractivity contribution is 0.203. The first-order valence-corrected chi connectivity index (χ1v) is 9.37. The number of fused-ring (bicyclic) bond motifs is 1.